The summed E-state index contributed by atoms with van der Waals surface area (Å²) in [4.78, 5) is 2.33. The number of nitrogens with zero attached hydrogens (tertiary/aromatic N) is 1. The average Bonchev–Trinajstić information content (AvgIpc) is 3.78. The molecule has 11 aromatic rings. The zero-order chi connectivity index (χ0) is 42.7. The molecule has 1 heterocycles. The smallest absolute Gasteiger partial charge is 0.179 e. The van der Waals surface area contributed by atoms with E-state index in [1.54, 1.807) is 0 Å². The molecule has 304 valence electrons. The van der Waals surface area contributed by atoms with Crippen molar-refractivity contribution in [3.63, 3.8) is 0 Å². The van der Waals surface area contributed by atoms with Crippen LogP contribution < -0.4 is 30.4 Å². The number of hydrogen-bond acceptors (Lipinski definition) is 3. The van der Waals surface area contributed by atoms with E-state index >= 15 is 0 Å². The van der Waals surface area contributed by atoms with Crippen LogP contribution in [0, 0.1) is 0 Å². The Bertz CT molecular complexity index is 3210. The van der Waals surface area contributed by atoms with Gasteiger partial charge in [-0.05, 0) is 86.0 Å². The van der Waals surface area contributed by atoms with Crippen molar-refractivity contribution in [3.8, 4) is 33.8 Å². The molecular formula is C60H43NO2Si. The second-order valence-electron chi connectivity index (χ2n) is 16.0. The van der Waals surface area contributed by atoms with Crippen LogP contribution in [-0.4, -0.2) is 8.07 Å². The van der Waals surface area contributed by atoms with Gasteiger partial charge in [0.2, 0.25) is 0 Å². The number of benzene rings is 10. The standard InChI is InChI=1S/C60H43NO2Si/c1-7-20-44(21-8-1)45-34-36-47(37-35-45)61(48-38-40-53(41-39-48)64(50-26-13-4-14-27-50,51-28-15-5-16-29-51)52-30-17-6-18-31-52)56-42-43-57(62-49-24-11-3-12-25-49)58-55-33-19-32-54(59(55)63-60(56)58)46-22-9-2-10-23-46/h1-43H. The Kier molecular flexibility index (Phi) is 10.2. The minimum atomic E-state index is -2.76. The summed E-state index contributed by atoms with van der Waals surface area (Å²) in [6.45, 7) is 0. The van der Waals surface area contributed by atoms with Gasteiger partial charge < -0.3 is 14.1 Å². The number of hydrogen-bond donors (Lipinski definition) is 0. The number of anilines is 3. The Morgan fingerprint density at radius 3 is 1.34 bits per heavy atom. The number of rotatable bonds is 11. The molecule has 0 saturated heterocycles. The first-order valence-corrected chi connectivity index (χ1v) is 23.7. The van der Waals surface area contributed by atoms with Crippen LogP contribution in [0.5, 0.6) is 11.5 Å². The maximum absolute atomic E-state index is 7.20. The minimum Gasteiger partial charge on any atom is -0.457 e. The molecule has 0 aliphatic rings. The van der Waals surface area contributed by atoms with Crippen LogP contribution in [0.3, 0.4) is 0 Å². The Morgan fingerprint density at radius 2 is 0.797 bits per heavy atom. The molecule has 4 heteroatoms. The van der Waals surface area contributed by atoms with Gasteiger partial charge in [-0.25, -0.2) is 0 Å². The summed E-state index contributed by atoms with van der Waals surface area (Å²) in [5.41, 5.74) is 8.91. The van der Waals surface area contributed by atoms with E-state index in [0.29, 0.717) is 0 Å². The molecule has 0 radical (unpaired) electrons. The summed E-state index contributed by atoms with van der Waals surface area (Å²) in [5.74, 6) is 1.49. The van der Waals surface area contributed by atoms with Gasteiger partial charge in [0.15, 0.2) is 13.7 Å². The van der Waals surface area contributed by atoms with Gasteiger partial charge in [-0.1, -0.05) is 212 Å². The molecule has 0 aliphatic heterocycles. The molecule has 11 rings (SSSR count). The lowest BCUT2D eigenvalue weighted by Crippen LogP contribution is -2.74. The summed E-state index contributed by atoms with van der Waals surface area (Å²) in [6.07, 6.45) is 0. The summed E-state index contributed by atoms with van der Waals surface area (Å²) >= 11 is 0. The van der Waals surface area contributed by atoms with E-state index in [4.69, 9.17) is 9.15 Å². The third-order valence-corrected chi connectivity index (χ3v) is 17.1. The fourth-order valence-corrected chi connectivity index (χ4v) is 14.1. The SMILES string of the molecule is c1ccc(Oc2ccc(N(c3ccc(-c4ccccc4)cc3)c3ccc([Si](c4ccccc4)(c4ccccc4)c4ccccc4)cc3)c3oc4c(-c5ccccc5)cccc4c23)cc1. The molecule has 0 spiro atoms. The fraction of sp³-hybridized carbons (Fsp3) is 0. The first-order chi connectivity index (χ1) is 31.8. The Morgan fingerprint density at radius 1 is 0.344 bits per heavy atom. The second-order valence-corrected chi connectivity index (χ2v) is 19.8. The Hall–Kier alpha value is -8.18. The molecule has 1 aromatic heterocycles. The van der Waals surface area contributed by atoms with E-state index in [9.17, 15) is 0 Å². The predicted molar refractivity (Wildman–Crippen MR) is 269 cm³/mol. The zero-order valence-corrected chi connectivity index (χ0v) is 36.1. The number of furan rings is 1. The second kappa shape index (κ2) is 16.9. The highest BCUT2D eigenvalue weighted by atomic mass is 28.3. The quantitative estimate of drug-likeness (QED) is 0.0959. The number of ether oxygens (including phenoxy) is 1. The van der Waals surface area contributed by atoms with Crippen LogP contribution in [0.25, 0.3) is 44.2 Å². The summed E-state index contributed by atoms with van der Waals surface area (Å²) in [5, 5.41) is 7.21. The molecular weight excluding hydrogens is 795 g/mol. The first-order valence-electron chi connectivity index (χ1n) is 21.7. The molecule has 0 saturated carbocycles. The zero-order valence-electron chi connectivity index (χ0n) is 35.1. The molecule has 3 nitrogen and oxygen atoms in total. The van der Waals surface area contributed by atoms with Gasteiger partial charge in [0.25, 0.3) is 0 Å². The van der Waals surface area contributed by atoms with E-state index in [1.807, 2.05) is 36.4 Å². The van der Waals surface area contributed by atoms with Gasteiger partial charge in [0.1, 0.15) is 17.1 Å². The van der Waals surface area contributed by atoms with Crippen molar-refractivity contribution in [1.82, 2.24) is 0 Å². The molecule has 0 bridgehead atoms. The van der Waals surface area contributed by atoms with Crippen molar-refractivity contribution in [3.05, 3.63) is 261 Å². The highest BCUT2D eigenvalue weighted by Crippen LogP contribution is 2.48. The molecule has 0 amide bonds. The average molecular weight is 838 g/mol. The van der Waals surface area contributed by atoms with Crippen LogP contribution >= 0.6 is 0 Å². The van der Waals surface area contributed by atoms with Crippen molar-refractivity contribution >= 4 is 67.8 Å². The first kappa shape index (κ1) is 38.7. The Balaban J connectivity index is 1.14. The topological polar surface area (TPSA) is 25.6 Å². The van der Waals surface area contributed by atoms with Gasteiger partial charge in [-0.2, -0.15) is 0 Å². The molecule has 64 heavy (non-hydrogen) atoms. The van der Waals surface area contributed by atoms with E-state index in [2.05, 4.69) is 229 Å². The highest BCUT2D eigenvalue weighted by molar-refractivity contribution is 7.19. The van der Waals surface area contributed by atoms with E-state index < -0.39 is 8.07 Å². The van der Waals surface area contributed by atoms with Gasteiger partial charge in [-0.15, -0.1) is 0 Å². The van der Waals surface area contributed by atoms with Gasteiger partial charge in [-0.3, -0.25) is 0 Å². The lowest BCUT2D eigenvalue weighted by atomic mass is 10.0. The van der Waals surface area contributed by atoms with Crippen LogP contribution in [0.15, 0.2) is 265 Å². The maximum Gasteiger partial charge on any atom is 0.179 e. The monoisotopic (exact) mass is 837 g/mol. The highest BCUT2D eigenvalue weighted by Gasteiger charge is 2.41. The third kappa shape index (κ3) is 6.96. The fourth-order valence-electron chi connectivity index (χ4n) is 9.37. The van der Waals surface area contributed by atoms with Crippen molar-refractivity contribution in [1.29, 1.82) is 0 Å². The van der Waals surface area contributed by atoms with Gasteiger partial charge >= 0.3 is 0 Å². The van der Waals surface area contributed by atoms with Crippen LogP contribution in [0.2, 0.25) is 0 Å². The molecule has 0 unspecified atom stereocenters. The lowest BCUT2D eigenvalue weighted by Gasteiger charge is -2.35. The lowest BCUT2D eigenvalue weighted by molar-refractivity contribution is 0.488. The summed E-state index contributed by atoms with van der Waals surface area (Å²) in [6, 6.07) is 92.9. The molecule has 0 atom stereocenters. The van der Waals surface area contributed by atoms with Crippen LogP contribution in [-0.2, 0) is 0 Å². The normalized spacial score (nSPS) is 11.4. The van der Waals surface area contributed by atoms with Gasteiger partial charge in [0.05, 0.1) is 11.1 Å². The maximum atomic E-state index is 7.20. The van der Waals surface area contributed by atoms with Crippen molar-refractivity contribution in [2.75, 3.05) is 4.90 Å². The van der Waals surface area contributed by atoms with E-state index in [0.717, 1.165) is 67.2 Å². The number of fused-ring (bicyclic) bond motifs is 3. The van der Waals surface area contributed by atoms with E-state index in [1.165, 1.54) is 26.3 Å². The number of para-hydroxylation sites is 2. The summed E-state index contributed by atoms with van der Waals surface area (Å²) in [7, 11) is -2.76. The Labute approximate surface area is 374 Å². The van der Waals surface area contributed by atoms with E-state index in [-0.39, 0.29) is 0 Å². The molecule has 0 aliphatic carbocycles. The summed E-state index contributed by atoms with van der Waals surface area (Å²) < 4.78 is 13.9. The minimum absolute atomic E-state index is 0.730. The van der Waals surface area contributed by atoms with Crippen molar-refractivity contribution in [2.45, 2.75) is 0 Å². The molecule has 0 N–H and O–H groups in total. The van der Waals surface area contributed by atoms with Crippen LogP contribution in [0.1, 0.15) is 0 Å². The van der Waals surface area contributed by atoms with Gasteiger partial charge in [0, 0.05) is 22.3 Å². The molecule has 10 aromatic carbocycles. The third-order valence-electron chi connectivity index (χ3n) is 12.3. The van der Waals surface area contributed by atoms with Crippen molar-refractivity contribution < 1.29 is 9.15 Å². The van der Waals surface area contributed by atoms with Crippen molar-refractivity contribution in [2.24, 2.45) is 0 Å². The largest absolute Gasteiger partial charge is 0.457 e. The molecule has 0 fully saturated rings. The van der Waals surface area contributed by atoms with Crippen LogP contribution in [0.4, 0.5) is 17.1 Å². The predicted octanol–water partition coefficient (Wildman–Crippen LogP) is 13.6.